The minimum Gasteiger partial charge on any atom is -0.311 e. The summed E-state index contributed by atoms with van der Waals surface area (Å²) in [6.45, 7) is 9.24. The summed E-state index contributed by atoms with van der Waals surface area (Å²) in [7, 11) is 0. The lowest BCUT2D eigenvalue weighted by molar-refractivity contribution is 0.231. The van der Waals surface area contributed by atoms with Gasteiger partial charge in [-0.3, -0.25) is 0 Å². The quantitative estimate of drug-likeness (QED) is 0.725. The molecule has 1 aliphatic carbocycles. The van der Waals surface area contributed by atoms with E-state index in [4.69, 9.17) is 0 Å². The summed E-state index contributed by atoms with van der Waals surface area (Å²) < 4.78 is 0. The van der Waals surface area contributed by atoms with Crippen molar-refractivity contribution in [3.8, 4) is 0 Å². The first kappa shape index (κ1) is 13.0. The van der Waals surface area contributed by atoms with Crippen molar-refractivity contribution in [1.29, 1.82) is 0 Å². The summed E-state index contributed by atoms with van der Waals surface area (Å²) in [5.74, 6) is 1.77. The van der Waals surface area contributed by atoms with Crippen LogP contribution < -0.4 is 5.32 Å². The van der Waals surface area contributed by atoms with Gasteiger partial charge in [0.1, 0.15) is 0 Å². The molecule has 1 aliphatic rings. The summed E-state index contributed by atoms with van der Waals surface area (Å²) in [5.41, 5.74) is 0. The Morgan fingerprint density at radius 1 is 1.00 bits per heavy atom. The van der Waals surface area contributed by atoms with Gasteiger partial charge in [-0.25, -0.2) is 0 Å². The molecule has 1 heteroatoms. The van der Waals surface area contributed by atoms with Gasteiger partial charge in [-0.2, -0.15) is 0 Å². The van der Waals surface area contributed by atoms with Gasteiger partial charge in [-0.1, -0.05) is 47.0 Å². The Balaban J connectivity index is 2.45. The van der Waals surface area contributed by atoms with E-state index < -0.39 is 0 Å². The molecule has 0 aromatic heterocycles. The van der Waals surface area contributed by atoms with Crippen molar-refractivity contribution in [3.05, 3.63) is 0 Å². The molecular weight excluding hydrogens is 182 g/mol. The molecule has 0 saturated heterocycles. The van der Waals surface area contributed by atoms with Crippen LogP contribution in [0.5, 0.6) is 0 Å². The Labute approximate surface area is 96.0 Å². The van der Waals surface area contributed by atoms with Gasteiger partial charge in [-0.05, 0) is 31.1 Å². The zero-order chi connectivity index (χ0) is 11.3. The van der Waals surface area contributed by atoms with E-state index >= 15 is 0 Å². The van der Waals surface area contributed by atoms with Gasteiger partial charge in [0, 0.05) is 12.1 Å². The first-order valence-electron chi connectivity index (χ1n) is 6.85. The van der Waals surface area contributed by atoms with Crippen LogP contribution in [0.25, 0.3) is 0 Å². The molecule has 0 radical (unpaired) electrons. The molecule has 0 amide bonds. The van der Waals surface area contributed by atoms with E-state index in [9.17, 15) is 0 Å². The molecule has 1 N–H and O–H groups in total. The fraction of sp³-hybridized carbons (Fsp3) is 1.00. The van der Waals surface area contributed by atoms with Crippen LogP contribution in [-0.2, 0) is 0 Å². The fourth-order valence-electron chi connectivity index (χ4n) is 2.87. The van der Waals surface area contributed by atoms with E-state index in [-0.39, 0.29) is 0 Å². The van der Waals surface area contributed by atoms with Gasteiger partial charge >= 0.3 is 0 Å². The maximum absolute atomic E-state index is 3.78. The number of hydrogen-bond acceptors (Lipinski definition) is 1. The lowest BCUT2D eigenvalue weighted by atomic mass is 9.80. The molecular formula is C14H29N. The van der Waals surface area contributed by atoms with E-state index in [1.54, 1.807) is 0 Å². The topological polar surface area (TPSA) is 12.0 Å². The number of hydrogen-bond donors (Lipinski definition) is 1. The Hall–Kier alpha value is -0.0400. The third-order valence-electron chi connectivity index (χ3n) is 3.49. The minimum atomic E-state index is 0.635. The second-order valence-corrected chi connectivity index (χ2v) is 5.96. The first-order valence-corrected chi connectivity index (χ1v) is 6.85. The number of nitrogens with one attached hydrogen (secondary N) is 1. The third-order valence-corrected chi connectivity index (χ3v) is 3.49. The molecule has 0 bridgehead atoms. The molecule has 1 rings (SSSR count). The molecule has 1 atom stereocenters. The lowest BCUT2D eigenvalue weighted by Crippen LogP contribution is -2.42. The summed E-state index contributed by atoms with van der Waals surface area (Å²) >= 11 is 0. The maximum Gasteiger partial charge on any atom is 0.0100 e. The summed E-state index contributed by atoms with van der Waals surface area (Å²) in [5, 5.41) is 3.78. The molecule has 1 nitrogen and oxygen atoms in total. The van der Waals surface area contributed by atoms with Crippen molar-refractivity contribution >= 4 is 0 Å². The highest BCUT2D eigenvalue weighted by molar-refractivity contribution is 4.81. The van der Waals surface area contributed by atoms with E-state index in [2.05, 4.69) is 33.0 Å². The van der Waals surface area contributed by atoms with E-state index in [0.29, 0.717) is 6.04 Å². The Kier molecular flexibility index (Phi) is 5.66. The average molecular weight is 211 g/mol. The van der Waals surface area contributed by atoms with Gasteiger partial charge in [-0.15, -0.1) is 0 Å². The summed E-state index contributed by atoms with van der Waals surface area (Å²) in [6, 6.07) is 1.40. The fourth-order valence-corrected chi connectivity index (χ4v) is 2.87. The molecule has 90 valence electrons. The SMILES string of the molecule is CC(C)C[C@H](NC(C)C)C1CCCCC1. The van der Waals surface area contributed by atoms with Crippen LogP contribution in [0.1, 0.15) is 66.2 Å². The molecule has 0 aromatic carbocycles. The molecule has 0 spiro atoms. The maximum atomic E-state index is 3.78. The first-order chi connectivity index (χ1) is 7.09. The highest BCUT2D eigenvalue weighted by Gasteiger charge is 2.24. The predicted molar refractivity (Wildman–Crippen MR) is 68.1 cm³/mol. The molecule has 0 unspecified atom stereocenters. The van der Waals surface area contributed by atoms with Crippen molar-refractivity contribution in [2.75, 3.05) is 0 Å². The highest BCUT2D eigenvalue weighted by atomic mass is 14.9. The zero-order valence-corrected chi connectivity index (χ0v) is 11.1. The van der Waals surface area contributed by atoms with Gasteiger partial charge in [0.05, 0.1) is 0 Å². The summed E-state index contributed by atoms with van der Waals surface area (Å²) in [4.78, 5) is 0. The van der Waals surface area contributed by atoms with Crippen LogP contribution in [0.4, 0.5) is 0 Å². The Bertz CT molecular complexity index is 147. The van der Waals surface area contributed by atoms with Crippen molar-refractivity contribution < 1.29 is 0 Å². The molecule has 15 heavy (non-hydrogen) atoms. The monoisotopic (exact) mass is 211 g/mol. The Morgan fingerprint density at radius 2 is 1.60 bits per heavy atom. The third kappa shape index (κ3) is 5.01. The number of rotatable bonds is 5. The van der Waals surface area contributed by atoms with Crippen molar-refractivity contribution in [2.24, 2.45) is 11.8 Å². The second-order valence-electron chi connectivity index (χ2n) is 5.96. The largest absolute Gasteiger partial charge is 0.311 e. The van der Waals surface area contributed by atoms with Crippen LogP contribution in [0.15, 0.2) is 0 Å². The zero-order valence-electron chi connectivity index (χ0n) is 11.1. The molecule has 1 saturated carbocycles. The van der Waals surface area contributed by atoms with Crippen LogP contribution in [0.3, 0.4) is 0 Å². The van der Waals surface area contributed by atoms with Gasteiger partial charge in [0.15, 0.2) is 0 Å². The van der Waals surface area contributed by atoms with Crippen molar-refractivity contribution in [1.82, 2.24) is 5.32 Å². The van der Waals surface area contributed by atoms with Crippen LogP contribution >= 0.6 is 0 Å². The van der Waals surface area contributed by atoms with Crippen LogP contribution in [-0.4, -0.2) is 12.1 Å². The summed E-state index contributed by atoms with van der Waals surface area (Å²) in [6.07, 6.45) is 8.64. The Morgan fingerprint density at radius 3 is 2.07 bits per heavy atom. The van der Waals surface area contributed by atoms with Crippen LogP contribution in [0, 0.1) is 11.8 Å². The van der Waals surface area contributed by atoms with Crippen LogP contribution in [0.2, 0.25) is 0 Å². The smallest absolute Gasteiger partial charge is 0.0100 e. The van der Waals surface area contributed by atoms with Gasteiger partial charge < -0.3 is 5.32 Å². The standard InChI is InChI=1S/C14H29N/c1-11(2)10-14(15-12(3)4)13-8-6-5-7-9-13/h11-15H,5-10H2,1-4H3/t14-/m0/s1. The van der Waals surface area contributed by atoms with Gasteiger partial charge in [0.2, 0.25) is 0 Å². The minimum absolute atomic E-state index is 0.635. The van der Waals surface area contributed by atoms with Crippen molar-refractivity contribution in [3.63, 3.8) is 0 Å². The second kappa shape index (κ2) is 6.52. The highest BCUT2D eigenvalue weighted by Crippen LogP contribution is 2.29. The normalized spacial score (nSPS) is 21.2. The molecule has 0 heterocycles. The van der Waals surface area contributed by atoms with E-state index in [0.717, 1.165) is 17.9 Å². The lowest BCUT2D eigenvalue weighted by Gasteiger charge is -2.33. The molecule has 0 aromatic rings. The van der Waals surface area contributed by atoms with Crippen molar-refractivity contribution in [2.45, 2.75) is 78.3 Å². The molecule has 1 fully saturated rings. The molecule has 0 aliphatic heterocycles. The average Bonchev–Trinajstić information content (AvgIpc) is 2.17. The predicted octanol–water partition coefficient (Wildman–Crippen LogP) is 3.98. The van der Waals surface area contributed by atoms with E-state index in [1.165, 1.54) is 38.5 Å². The van der Waals surface area contributed by atoms with E-state index in [1.807, 2.05) is 0 Å². The van der Waals surface area contributed by atoms with Gasteiger partial charge in [0.25, 0.3) is 0 Å².